The first-order valence-corrected chi connectivity index (χ1v) is 10.4. The summed E-state index contributed by atoms with van der Waals surface area (Å²) in [5.41, 5.74) is 2.20. The van der Waals surface area contributed by atoms with Gasteiger partial charge in [0.1, 0.15) is 0 Å². The van der Waals surface area contributed by atoms with Gasteiger partial charge in [0.2, 0.25) is 11.8 Å². The summed E-state index contributed by atoms with van der Waals surface area (Å²) in [6.07, 6.45) is 3.01. The summed E-state index contributed by atoms with van der Waals surface area (Å²) in [4.78, 5) is 27.7. The number of likely N-dealkylation sites (tertiary alicyclic amines) is 1. The maximum atomic E-state index is 12.9. The number of ether oxygens (including phenoxy) is 2. The lowest BCUT2D eigenvalue weighted by molar-refractivity contribution is -0.131. The number of carbonyl (C=O) groups is 2. The molecule has 3 atom stereocenters. The van der Waals surface area contributed by atoms with Gasteiger partial charge in [0.05, 0.1) is 24.5 Å². The largest absolute Gasteiger partial charge is 0.381 e. The van der Waals surface area contributed by atoms with Crippen LogP contribution >= 0.6 is 0 Å². The molecule has 0 bridgehead atoms. The highest BCUT2D eigenvalue weighted by Gasteiger charge is 2.50. The molecule has 152 valence electrons. The maximum absolute atomic E-state index is 12.9. The highest BCUT2D eigenvalue weighted by molar-refractivity contribution is 5.84. The van der Waals surface area contributed by atoms with Crippen molar-refractivity contribution in [3.05, 3.63) is 35.4 Å². The molecule has 0 spiro atoms. The zero-order valence-electron chi connectivity index (χ0n) is 16.6. The standard InChI is InChI=1S/C22H30N2O4/c1-15-2-4-16(5-3-15)12-20(25)24-14-18(21-19(24)8-11-28-21)22(26)23-13-17-6-9-27-10-7-17/h2-5,17-19,21H,6-14H2,1H3,(H,23,26). The number of nitrogens with zero attached hydrogens (tertiary/aromatic N) is 1. The van der Waals surface area contributed by atoms with Gasteiger partial charge in [0.15, 0.2) is 0 Å². The van der Waals surface area contributed by atoms with E-state index in [0.717, 1.165) is 38.0 Å². The van der Waals surface area contributed by atoms with E-state index < -0.39 is 0 Å². The summed E-state index contributed by atoms with van der Waals surface area (Å²) in [6, 6.07) is 8.09. The molecule has 3 aliphatic heterocycles. The van der Waals surface area contributed by atoms with E-state index in [2.05, 4.69) is 5.32 Å². The van der Waals surface area contributed by atoms with Gasteiger partial charge in [-0.3, -0.25) is 9.59 Å². The lowest BCUT2D eigenvalue weighted by Crippen LogP contribution is -2.40. The average molecular weight is 386 g/mol. The number of hydrogen-bond acceptors (Lipinski definition) is 4. The van der Waals surface area contributed by atoms with Crippen LogP contribution in [0.1, 0.15) is 30.4 Å². The van der Waals surface area contributed by atoms with E-state index in [0.29, 0.717) is 32.0 Å². The second-order valence-electron chi connectivity index (χ2n) is 8.31. The minimum atomic E-state index is -0.269. The fourth-order valence-electron chi connectivity index (χ4n) is 4.60. The molecule has 3 fully saturated rings. The topological polar surface area (TPSA) is 67.9 Å². The Morgan fingerprint density at radius 1 is 1.11 bits per heavy atom. The van der Waals surface area contributed by atoms with Crippen LogP contribution in [-0.4, -0.2) is 61.8 Å². The molecule has 1 aromatic carbocycles. The van der Waals surface area contributed by atoms with E-state index >= 15 is 0 Å². The number of hydrogen-bond donors (Lipinski definition) is 1. The summed E-state index contributed by atoms with van der Waals surface area (Å²) in [5, 5.41) is 3.11. The van der Waals surface area contributed by atoms with Crippen LogP contribution in [0.2, 0.25) is 0 Å². The molecule has 28 heavy (non-hydrogen) atoms. The van der Waals surface area contributed by atoms with Crippen LogP contribution in [-0.2, 0) is 25.5 Å². The smallest absolute Gasteiger partial charge is 0.227 e. The summed E-state index contributed by atoms with van der Waals surface area (Å²) < 4.78 is 11.3. The predicted molar refractivity (Wildman–Crippen MR) is 105 cm³/mol. The lowest BCUT2D eigenvalue weighted by atomic mass is 9.98. The molecule has 3 saturated heterocycles. The van der Waals surface area contributed by atoms with Crippen molar-refractivity contribution in [2.45, 2.75) is 44.8 Å². The van der Waals surface area contributed by atoms with Crippen molar-refractivity contribution >= 4 is 11.8 Å². The second kappa shape index (κ2) is 8.62. The van der Waals surface area contributed by atoms with Crippen LogP contribution in [0.3, 0.4) is 0 Å². The van der Waals surface area contributed by atoms with Crippen LogP contribution < -0.4 is 5.32 Å². The molecule has 0 aromatic heterocycles. The Morgan fingerprint density at radius 3 is 2.61 bits per heavy atom. The van der Waals surface area contributed by atoms with E-state index in [1.807, 2.05) is 36.1 Å². The molecule has 2 amide bonds. The normalized spacial score (nSPS) is 27.6. The minimum Gasteiger partial charge on any atom is -0.381 e. The highest BCUT2D eigenvalue weighted by Crippen LogP contribution is 2.34. The van der Waals surface area contributed by atoms with Crippen molar-refractivity contribution in [2.24, 2.45) is 11.8 Å². The lowest BCUT2D eigenvalue weighted by Gasteiger charge is -2.23. The van der Waals surface area contributed by atoms with Gasteiger partial charge in [0, 0.05) is 32.9 Å². The Labute approximate surface area is 166 Å². The van der Waals surface area contributed by atoms with Gasteiger partial charge < -0.3 is 19.7 Å². The molecule has 6 nitrogen and oxygen atoms in total. The molecule has 1 N–H and O–H groups in total. The quantitative estimate of drug-likeness (QED) is 0.836. The number of aryl methyl sites for hydroxylation is 1. The summed E-state index contributed by atoms with van der Waals surface area (Å²) in [5.74, 6) is 0.325. The van der Waals surface area contributed by atoms with Crippen LogP contribution in [0.25, 0.3) is 0 Å². The fraction of sp³-hybridized carbons (Fsp3) is 0.636. The first kappa shape index (κ1) is 19.4. The van der Waals surface area contributed by atoms with Crippen molar-refractivity contribution < 1.29 is 19.1 Å². The second-order valence-corrected chi connectivity index (χ2v) is 8.31. The molecule has 3 aliphatic rings. The number of carbonyl (C=O) groups excluding carboxylic acids is 2. The Kier molecular flexibility index (Phi) is 5.97. The third kappa shape index (κ3) is 4.23. The van der Waals surface area contributed by atoms with Crippen LogP contribution in [0, 0.1) is 18.8 Å². The van der Waals surface area contributed by atoms with E-state index in [-0.39, 0.29) is 29.9 Å². The third-order valence-corrected chi connectivity index (χ3v) is 6.33. The van der Waals surface area contributed by atoms with Gasteiger partial charge in [-0.1, -0.05) is 29.8 Å². The SMILES string of the molecule is Cc1ccc(CC(=O)N2CC(C(=O)NCC3CCOCC3)C3OCCC32)cc1. The first-order chi connectivity index (χ1) is 13.6. The Balaban J connectivity index is 1.36. The van der Waals surface area contributed by atoms with E-state index in [4.69, 9.17) is 9.47 Å². The first-order valence-electron chi connectivity index (χ1n) is 10.4. The van der Waals surface area contributed by atoms with Gasteiger partial charge >= 0.3 is 0 Å². The minimum absolute atomic E-state index is 0.0222. The van der Waals surface area contributed by atoms with Crippen molar-refractivity contribution in [2.75, 3.05) is 32.9 Å². The molecule has 0 aliphatic carbocycles. The number of fused-ring (bicyclic) bond motifs is 1. The van der Waals surface area contributed by atoms with E-state index in [9.17, 15) is 9.59 Å². The zero-order valence-corrected chi connectivity index (χ0v) is 16.6. The zero-order chi connectivity index (χ0) is 19.5. The third-order valence-electron chi connectivity index (χ3n) is 6.33. The maximum Gasteiger partial charge on any atom is 0.227 e. The van der Waals surface area contributed by atoms with E-state index in [1.54, 1.807) is 0 Å². The average Bonchev–Trinajstić information content (AvgIpc) is 3.31. The molecule has 6 heteroatoms. The summed E-state index contributed by atoms with van der Waals surface area (Å²) >= 11 is 0. The monoisotopic (exact) mass is 386 g/mol. The van der Waals surface area contributed by atoms with Crippen molar-refractivity contribution in [1.29, 1.82) is 0 Å². The molecule has 3 heterocycles. The van der Waals surface area contributed by atoms with Gasteiger partial charge in [-0.05, 0) is 37.7 Å². The Morgan fingerprint density at radius 2 is 1.86 bits per heavy atom. The van der Waals surface area contributed by atoms with Crippen LogP contribution in [0.4, 0.5) is 0 Å². The molecular formula is C22H30N2O4. The van der Waals surface area contributed by atoms with Crippen LogP contribution in [0.5, 0.6) is 0 Å². The predicted octanol–water partition coefficient (Wildman–Crippen LogP) is 1.70. The number of amides is 2. The number of nitrogens with one attached hydrogen (secondary N) is 1. The van der Waals surface area contributed by atoms with Crippen molar-refractivity contribution in [3.8, 4) is 0 Å². The molecular weight excluding hydrogens is 356 g/mol. The number of benzene rings is 1. The van der Waals surface area contributed by atoms with Crippen LogP contribution in [0.15, 0.2) is 24.3 Å². The number of rotatable bonds is 5. The molecule has 0 radical (unpaired) electrons. The summed E-state index contributed by atoms with van der Waals surface area (Å²) in [7, 11) is 0. The molecule has 3 unspecified atom stereocenters. The van der Waals surface area contributed by atoms with Gasteiger partial charge in [0.25, 0.3) is 0 Å². The van der Waals surface area contributed by atoms with E-state index in [1.165, 1.54) is 5.56 Å². The summed E-state index contributed by atoms with van der Waals surface area (Å²) in [6.45, 7) is 5.36. The van der Waals surface area contributed by atoms with Gasteiger partial charge in [-0.2, -0.15) is 0 Å². The Hall–Kier alpha value is -1.92. The van der Waals surface area contributed by atoms with Gasteiger partial charge in [-0.15, -0.1) is 0 Å². The van der Waals surface area contributed by atoms with Crippen molar-refractivity contribution in [1.82, 2.24) is 10.2 Å². The molecule has 4 rings (SSSR count). The molecule has 0 saturated carbocycles. The van der Waals surface area contributed by atoms with Crippen molar-refractivity contribution in [3.63, 3.8) is 0 Å². The Bertz CT molecular complexity index is 699. The fourth-order valence-corrected chi connectivity index (χ4v) is 4.60. The molecule has 1 aromatic rings. The highest BCUT2D eigenvalue weighted by atomic mass is 16.5. The van der Waals surface area contributed by atoms with Gasteiger partial charge in [-0.25, -0.2) is 0 Å².